The highest BCUT2D eigenvalue weighted by Gasteiger charge is 1.95. The van der Waals surface area contributed by atoms with Crippen molar-refractivity contribution in [1.82, 2.24) is 0 Å². The molecule has 0 aliphatic carbocycles. The highest BCUT2D eigenvalue weighted by molar-refractivity contribution is 4.65. The van der Waals surface area contributed by atoms with Gasteiger partial charge < -0.3 is 0 Å². The van der Waals surface area contributed by atoms with E-state index in [1.165, 1.54) is 148 Å². The van der Waals surface area contributed by atoms with Gasteiger partial charge in [0, 0.05) is 0 Å². The summed E-state index contributed by atoms with van der Waals surface area (Å²) < 4.78 is 0. The first kappa shape index (κ1) is 27.5. The Morgan fingerprint density at radius 3 is 0.786 bits per heavy atom. The van der Waals surface area contributed by atoms with Gasteiger partial charge in [0.15, 0.2) is 0 Å². The standard InChI is InChI=1S/C28H53/c1-3-5-7-9-11-13-15-17-19-21-23-25-27-28-26-24-22-20-18-16-14-12-10-8-6-4-2/h1,3-4H,2,5-28H2. The molecule has 0 saturated heterocycles. The molecule has 0 N–H and O–H groups in total. The monoisotopic (exact) mass is 389 g/mol. The van der Waals surface area contributed by atoms with Crippen molar-refractivity contribution in [1.29, 1.82) is 0 Å². The van der Waals surface area contributed by atoms with Gasteiger partial charge in [-0.3, -0.25) is 0 Å². The van der Waals surface area contributed by atoms with Crippen LogP contribution >= 0.6 is 0 Å². The van der Waals surface area contributed by atoms with Crippen LogP contribution in [0, 0.1) is 6.58 Å². The van der Waals surface area contributed by atoms with Crippen molar-refractivity contribution in [3.63, 3.8) is 0 Å². The van der Waals surface area contributed by atoms with Gasteiger partial charge in [-0.15, -0.1) is 6.58 Å². The summed E-state index contributed by atoms with van der Waals surface area (Å²) in [5, 5.41) is 0. The zero-order valence-electron chi connectivity index (χ0n) is 19.4. The molecule has 0 aromatic heterocycles. The smallest absolute Gasteiger partial charge is 0.0348 e. The van der Waals surface area contributed by atoms with E-state index in [0.717, 1.165) is 6.42 Å². The van der Waals surface area contributed by atoms with Crippen LogP contribution in [0.5, 0.6) is 0 Å². The van der Waals surface area contributed by atoms with Crippen LogP contribution in [0.2, 0.25) is 0 Å². The van der Waals surface area contributed by atoms with Gasteiger partial charge in [0.05, 0.1) is 0 Å². The maximum atomic E-state index is 5.40. The summed E-state index contributed by atoms with van der Waals surface area (Å²) in [6, 6.07) is 0. The fourth-order valence-corrected chi connectivity index (χ4v) is 4.09. The first-order valence-electron chi connectivity index (χ1n) is 13.1. The van der Waals surface area contributed by atoms with Crippen LogP contribution < -0.4 is 0 Å². The normalized spacial score (nSPS) is 11.0. The Bertz CT molecular complexity index is 260. The van der Waals surface area contributed by atoms with E-state index in [0.29, 0.717) is 0 Å². The minimum atomic E-state index is 1.09. The minimum Gasteiger partial charge on any atom is -0.103 e. The van der Waals surface area contributed by atoms with Crippen molar-refractivity contribution in [3.8, 4) is 0 Å². The lowest BCUT2D eigenvalue weighted by atomic mass is 10.0. The van der Waals surface area contributed by atoms with E-state index < -0.39 is 0 Å². The maximum absolute atomic E-state index is 5.40. The van der Waals surface area contributed by atoms with Crippen LogP contribution in [0.25, 0.3) is 0 Å². The number of hydrogen-bond acceptors (Lipinski definition) is 0. The molecule has 165 valence electrons. The number of hydrogen-bond donors (Lipinski definition) is 0. The van der Waals surface area contributed by atoms with Crippen LogP contribution in [0.15, 0.2) is 18.7 Å². The molecule has 0 saturated carbocycles. The van der Waals surface area contributed by atoms with Gasteiger partial charge in [0.1, 0.15) is 0 Å². The molecule has 0 aromatic rings. The van der Waals surface area contributed by atoms with Crippen molar-refractivity contribution in [3.05, 3.63) is 25.3 Å². The molecular formula is C28H53. The second kappa shape index (κ2) is 26.5. The van der Waals surface area contributed by atoms with E-state index in [4.69, 9.17) is 6.58 Å². The summed E-state index contributed by atoms with van der Waals surface area (Å²) >= 11 is 0. The van der Waals surface area contributed by atoms with Crippen molar-refractivity contribution in [2.75, 3.05) is 0 Å². The van der Waals surface area contributed by atoms with Crippen LogP contribution in [-0.2, 0) is 0 Å². The lowest BCUT2D eigenvalue weighted by molar-refractivity contribution is 0.518. The average Bonchev–Trinajstić information content (AvgIpc) is 2.71. The van der Waals surface area contributed by atoms with Gasteiger partial charge >= 0.3 is 0 Å². The van der Waals surface area contributed by atoms with E-state index in [2.05, 4.69) is 12.7 Å². The highest BCUT2D eigenvalue weighted by atomic mass is 14.0. The third-order valence-electron chi connectivity index (χ3n) is 6.03. The van der Waals surface area contributed by atoms with E-state index in [1.807, 2.05) is 0 Å². The third kappa shape index (κ3) is 25.5. The van der Waals surface area contributed by atoms with Crippen molar-refractivity contribution in [2.24, 2.45) is 0 Å². The number of rotatable bonds is 25. The molecule has 0 bridgehead atoms. The molecule has 0 fully saturated rings. The van der Waals surface area contributed by atoms with Crippen LogP contribution in [0.4, 0.5) is 0 Å². The third-order valence-corrected chi connectivity index (χ3v) is 6.03. The molecule has 0 aromatic carbocycles. The highest BCUT2D eigenvalue weighted by Crippen LogP contribution is 2.15. The van der Waals surface area contributed by atoms with Crippen LogP contribution in [0.3, 0.4) is 0 Å². The molecule has 0 aliphatic heterocycles. The molecule has 0 heteroatoms. The lowest BCUT2D eigenvalue weighted by Crippen LogP contribution is -1.84. The lowest BCUT2D eigenvalue weighted by Gasteiger charge is -2.04. The summed E-state index contributed by atoms with van der Waals surface area (Å²) in [6.45, 7) is 9.18. The van der Waals surface area contributed by atoms with E-state index in [-0.39, 0.29) is 0 Å². The molecule has 0 atom stereocenters. The summed E-state index contributed by atoms with van der Waals surface area (Å²) in [6.07, 6.45) is 37.8. The van der Waals surface area contributed by atoms with Crippen LogP contribution in [0.1, 0.15) is 154 Å². The van der Waals surface area contributed by atoms with Crippen LogP contribution in [-0.4, -0.2) is 0 Å². The molecule has 0 amide bonds. The van der Waals surface area contributed by atoms with Gasteiger partial charge in [0.25, 0.3) is 0 Å². The fraction of sp³-hybridized carbons (Fsp3) is 0.857. The first-order chi connectivity index (χ1) is 13.9. The summed E-state index contributed by atoms with van der Waals surface area (Å²) in [7, 11) is 0. The molecule has 28 heavy (non-hydrogen) atoms. The van der Waals surface area contributed by atoms with Gasteiger partial charge in [-0.05, 0) is 25.7 Å². The summed E-state index contributed by atoms with van der Waals surface area (Å²) in [5.74, 6) is 0. The molecule has 0 spiro atoms. The predicted molar refractivity (Wildman–Crippen MR) is 130 cm³/mol. The molecule has 0 rings (SSSR count). The Kier molecular flexibility index (Phi) is 26.0. The molecule has 1 radical (unpaired) electrons. The SMILES string of the molecule is [CH]=CCCCCCCCCCCCCCCCCCCCCCCCCC=C. The van der Waals surface area contributed by atoms with Gasteiger partial charge in [-0.25, -0.2) is 0 Å². The fourth-order valence-electron chi connectivity index (χ4n) is 4.09. The second-order valence-corrected chi connectivity index (χ2v) is 8.88. The predicted octanol–water partition coefficient (Wildman–Crippen LogP) is 10.5. The Balaban J connectivity index is 2.98. The Hall–Kier alpha value is -0.520. The quantitative estimate of drug-likeness (QED) is 0.107. The summed E-state index contributed by atoms with van der Waals surface area (Å²) in [5.41, 5.74) is 0. The van der Waals surface area contributed by atoms with Crippen molar-refractivity contribution >= 4 is 0 Å². The van der Waals surface area contributed by atoms with Gasteiger partial charge in [-0.1, -0.05) is 147 Å². The summed E-state index contributed by atoms with van der Waals surface area (Å²) in [4.78, 5) is 0. The zero-order chi connectivity index (χ0) is 20.4. The Labute approximate surface area is 179 Å². The van der Waals surface area contributed by atoms with Crippen molar-refractivity contribution in [2.45, 2.75) is 154 Å². The topological polar surface area (TPSA) is 0 Å². The van der Waals surface area contributed by atoms with E-state index in [1.54, 1.807) is 6.08 Å². The van der Waals surface area contributed by atoms with Gasteiger partial charge in [-0.2, -0.15) is 0 Å². The number of allylic oxidation sites excluding steroid dienone is 2. The molecule has 0 heterocycles. The van der Waals surface area contributed by atoms with E-state index in [9.17, 15) is 0 Å². The maximum Gasteiger partial charge on any atom is -0.0348 e. The Morgan fingerprint density at radius 2 is 0.571 bits per heavy atom. The number of unbranched alkanes of at least 4 members (excludes halogenated alkanes) is 23. The van der Waals surface area contributed by atoms with Gasteiger partial charge in [0.2, 0.25) is 0 Å². The molecular weight excluding hydrogens is 336 g/mol. The minimum absolute atomic E-state index is 1.09. The largest absolute Gasteiger partial charge is 0.103 e. The molecule has 0 unspecified atom stereocenters. The average molecular weight is 390 g/mol. The zero-order valence-corrected chi connectivity index (χ0v) is 19.4. The molecule has 0 nitrogen and oxygen atoms in total. The Morgan fingerprint density at radius 1 is 0.357 bits per heavy atom. The second-order valence-electron chi connectivity index (χ2n) is 8.88. The first-order valence-corrected chi connectivity index (χ1v) is 13.1. The van der Waals surface area contributed by atoms with Crippen molar-refractivity contribution < 1.29 is 0 Å². The van der Waals surface area contributed by atoms with E-state index >= 15 is 0 Å². The molecule has 0 aliphatic rings.